The summed E-state index contributed by atoms with van der Waals surface area (Å²) in [5.74, 6) is -0.870. The summed E-state index contributed by atoms with van der Waals surface area (Å²) in [6.45, 7) is 0. The fourth-order valence-electron chi connectivity index (χ4n) is 3.17. The van der Waals surface area contributed by atoms with Crippen LogP contribution in [-0.4, -0.2) is 26.1 Å². The number of benzene rings is 3. The van der Waals surface area contributed by atoms with Crippen molar-refractivity contribution in [3.05, 3.63) is 100 Å². The van der Waals surface area contributed by atoms with Crippen LogP contribution < -0.4 is 10.1 Å². The van der Waals surface area contributed by atoms with Gasteiger partial charge in [0, 0.05) is 12.1 Å². The summed E-state index contributed by atoms with van der Waals surface area (Å²) >= 11 is 0. The molecule has 0 aliphatic heterocycles. The van der Waals surface area contributed by atoms with Crippen LogP contribution in [0.3, 0.4) is 0 Å². The predicted octanol–water partition coefficient (Wildman–Crippen LogP) is 4.76. The molecule has 0 atom stereocenters. The molecule has 0 bridgehead atoms. The van der Waals surface area contributed by atoms with Crippen molar-refractivity contribution in [2.24, 2.45) is 0 Å². The van der Waals surface area contributed by atoms with Crippen LogP contribution in [0.5, 0.6) is 5.75 Å². The van der Waals surface area contributed by atoms with Gasteiger partial charge in [-0.15, -0.1) is 0 Å². The molecular weight excluding hydrogens is 423 g/mol. The normalized spacial score (nSPS) is 10.8. The summed E-state index contributed by atoms with van der Waals surface area (Å²) in [6.07, 6.45) is 1.78. The molecule has 33 heavy (non-hydrogen) atoms. The molecule has 0 unspecified atom stereocenters. The van der Waals surface area contributed by atoms with E-state index in [0.29, 0.717) is 34.5 Å². The van der Waals surface area contributed by atoms with Gasteiger partial charge in [-0.05, 0) is 59.2 Å². The first-order valence-corrected chi connectivity index (χ1v) is 9.97. The number of anilines is 1. The highest BCUT2D eigenvalue weighted by atomic mass is 19.1. The molecule has 3 aromatic carbocycles. The van der Waals surface area contributed by atoms with Crippen molar-refractivity contribution in [1.29, 1.82) is 5.26 Å². The maximum atomic E-state index is 14.0. The Morgan fingerprint density at radius 3 is 2.39 bits per heavy atom. The number of hydrogen-bond donors (Lipinski definition) is 1. The molecule has 0 aromatic heterocycles. The summed E-state index contributed by atoms with van der Waals surface area (Å²) in [6, 6.07) is 19.7. The van der Waals surface area contributed by atoms with E-state index in [4.69, 9.17) is 4.74 Å². The van der Waals surface area contributed by atoms with Gasteiger partial charge in [-0.1, -0.05) is 30.3 Å². The highest BCUT2D eigenvalue weighted by Gasteiger charge is 2.13. The van der Waals surface area contributed by atoms with Crippen molar-refractivity contribution < 1.29 is 23.5 Å². The molecule has 6 nitrogen and oxygen atoms in total. The minimum atomic E-state index is -0.599. The third-order valence-electron chi connectivity index (χ3n) is 4.89. The average molecular weight is 444 g/mol. The van der Waals surface area contributed by atoms with E-state index in [2.05, 4.69) is 10.1 Å². The topological polar surface area (TPSA) is 88.4 Å². The van der Waals surface area contributed by atoms with Gasteiger partial charge in [0.1, 0.15) is 23.2 Å². The number of carbonyl (C=O) groups excluding carboxylic acids is 2. The number of esters is 1. The van der Waals surface area contributed by atoms with E-state index in [9.17, 15) is 19.2 Å². The number of rotatable bonds is 7. The van der Waals surface area contributed by atoms with Gasteiger partial charge in [-0.3, -0.25) is 4.79 Å². The van der Waals surface area contributed by atoms with E-state index >= 15 is 0 Å². The second kappa shape index (κ2) is 10.7. The van der Waals surface area contributed by atoms with Crippen molar-refractivity contribution in [2.45, 2.75) is 6.42 Å². The Morgan fingerprint density at radius 1 is 1.03 bits per heavy atom. The summed E-state index contributed by atoms with van der Waals surface area (Å²) < 4.78 is 24.1. The molecule has 3 aromatic rings. The fraction of sp³-hybridized carbons (Fsp3) is 0.115. The maximum Gasteiger partial charge on any atom is 0.337 e. The molecule has 166 valence electrons. The number of nitrogens with zero attached hydrogens (tertiary/aromatic N) is 1. The highest BCUT2D eigenvalue weighted by molar-refractivity contribution is 6.09. The molecule has 3 rings (SSSR count). The second-order valence-corrected chi connectivity index (χ2v) is 7.03. The second-order valence-electron chi connectivity index (χ2n) is 7.03. The van der Waals surface area contributed by atoms with Crippen LogP contribution in [0.2, 0.25) is 0 Å². The molecule has 0 aliphatic rings. The predicted molar refractivity (Wildman–Crippen MR) is 122 cm³/mol. The minimum Gasteiger partial charge on any atom is -0.496 e. The lowest BCUT2D eigenvalue weighted by Gasteiger charge is -2.11. The van der Waals surface area contributed by atoms with E-state index in [1.807, 2.05) is 6.07 Å². The molecule has 7 heteroatoms. The molecule has 1 amide bonds. The van der Waals surface area contributed by atoms with Crippen molar-refractivity contribution in [1.82, 2.24) is 0 Å². The quantitative estimate of drug-likeness (QED) is 0.323. The Balaban J connectivity index is 1.78. The lowest BCUT2D eigenvalue weighted by atomic mass is 10.0. The van der Waals surface area contributed by atoms with Crippen molar-refractivity contribution >= 4 is 23.6 Å². The average Bonchev–Trinajstić information content (AvgIpc) is 2.84. The van der Waals surface area contributed by atoms with Crippen LogP contribution in [0.15, 0.2) is 72.3 Å². The van der Waals surface area contributed by atoms with Gasteiger partial charge in [-0.25, -0.2) is 9.18 Å². The Morgan fingerprint density at radius 2 is 1.76 bits per heavy atom. The maximum absolute atomic E-state index is 14.0. The SMILES string of the molecule is COC(=O)c1ccc(NC(=O)/C(C#N)=C/c2ccc(Cc3ccccc3F)c(OC)c2)cc1. The van der Waals surface area contributed by atoms with E-state index in [0.717, 1.165) is 5.56 Å². The number of amides is 1. The van der Waals surface area contributed by atoms with Crippen LogP contribution in [0.1, 0.15) is 27.0 Å². The minimum absolute atomic E-state index is 0.115. The Labute approximate surface area is 190 Å². The van der Waals surface area contributed by atoms with Crippen LogP contribution in [-0.2, 0) is 16.0 Å². The van der Waals surface area contributed by atoms with Crippen LogP contribution in [0.25, 0.3) is 6.08 Å². The first kappa shape index (κ1) is 23.2. The van der Waals surface area contributed by atoms with Gasteiger partial charge < -0.3 is 14.8 Å². The summed E-state index contributed by atoms with van der Waals surface area (Å²) in [7, 11) is 2.78. The van der Waals surface area contributed by atoms with E-state index in [1.165, 1.54) is 38.5 Å². The van der Waals surface area contributed by atoms with Crippen LogP contribution in [0, 0.1) is 17.1 Å². The van der Waals surface area contributed by atoms with E-state index < -0.39 is 11.9 Å². The van der Waals surface area contributed by atoms with Crippen molar-refractivity contribution in [2.75, 3.05) is 19.5 Å². The smallest absolute Gasteiger partial charge is 0.337 e. The van der Waals surface area contributed by atoms with Crippen LogP contribution in [0.4, 0.5) is 10.1 Å². The number of nitriles is 1. The van der Waals surface area contributed by atoms with Gasteiger partial charge in [0.15, 0.2) is 0 Å². The number of hydrogen-bond acceptors (Lipinski definition) is 5. The van der Waals surface area contributed by atoms with Gasteiger partial charge >= 0.3 is 5.97 Å². The number of nitrogens with one attached hydrogen (secondary N) is 1. The van der Waals surface area contributed by atoms with Crippen molar-refractivity contribution in [3.8, 4) is 11.8 Å². The summed E-state index contributed by atoms with van der Waals surface area (Å²) in [5.41, 5.74) is 2.54. The first-order valence-electron chi connectivity index (χ1n) is 9.97. The summed E-state index contributed by atoms with van der Waals surface area (Å²) in [4.78, 5) is 24.1. The fourth-order valence-corrected chi connectivity index (χ4v) is 3.17. The molecule has 0 saturated heterocycles. The Bertz CT molecular complexity index is 1240. The lowest BCUT2D eigenvalue weighted by molar-refractivity contribution is -0.112. The largest absolute Gasteiger partial charge is 0.496 e. The third-order valence-corrected chi connectivity index (χ3v) is 4.89. The number of carbonyl (C=O) groups is 2. The molecular formula is C26H21FN2O4. The van der Waals surface area contributed by atoms with Gasteiger partial charge in [0.25, 0.3) is 5.91 Å². The zero-order chi connectivity index (χ0) is 23.8. The number of halogens is 1. The molecule has 0 spiro atoms. The Kier molecular flexibility index (Phi) is 7.55. The molecule has 0 fully saturated rings. The number of methoxy groups -OCH3 is 2. The zero-order valence-corrected chi connectivity index (χ0v) is 18.1. The van der Waals surface area contributed by atoms with Crippen LogP contribution >= 0.6 is 0 Å². The van der Waals surface area contributed by atoms with E-state index in [1.54, 1.807) is 48.5 Å². The van der Waals surface area contributed by atoms with Gasteiger partial charge in [0.05, 0.1) is 19.8 Å². The molecule has 0 aliphatic carbocycles. The van der Waals surface area contributed by atoms with Gasteiger partial charge in [0.2, 0.25) is 0 Å². The first-order chi connectivity index (χ1) is 15.9. The molecule has 0 radical (unpaired) electrons. The monoisotopic (exact) mass is 444 g/mol. The molecule has 0 heterocycles. The third kappa shape index (κ3) is 5.83. The Hall–Kier alpha value is -4.44. The molecule has 0 saturated carbocycles. The van der Waals surface area contributed by atoms with Gasteiger partial charge in [-0.2, -0.15) is 5.26 Å². The standard InChI is InChI=1S/C26H21FN2O4/c1-32-24-14-17(7-8-20(24)15-19-5-3-4-6-23(19)27)13-21(16-28)25(30)29-22-11-9-18(10-12-22)26(31)33-2/h3-14H,15H2,1-2H3,(H,29,30)/b21-13+. The molecule has 1 N–H and O–H groups in total. The van der Waals surface area contributed by atoms with E-state index in [-0.39, 0.29) is 11.4 Å². The highest BCUT2D eigenvalue weighted by Crippen LogP contribution is 2.25. The zero-order valence-electron chi connectivity index (χ0n) is 18.1. The van der Waals surface area contributed by atoms with Crippen molar-refractivity contribution in [3.63, 3.8) is 0 Å². The lowest BCUT2D eigenvalue weighted by Crippen LogP contribution is -2.13. The summed E-state index contributed by atoms with van der Waals surface area (Å²) in [5, 5.41) is 12.1. The number of ether oxygens (including phenoxy) is 2.